The van der Waals surface area contributed by atoms with Gasteiger partial charge in [-0.25, -0.2) is 0 Å². The van der Waals surface area contributed by atoms with Crippen LogP contribution in [0.1, 0.15) is 46.5 Å². The molecule has 1 N–H and O–H groups in total. The predicted molar refractivity (Wildman–Crippen MR) is 64.8 cm³/mol. The molecule has 3 heteroatoms. The molecule has 14 heavy (non-hydrogen) atoms. The number of nitrogens with one attached hydrogen (secondary N) is 1. The van der Waals surface area contributed by atoms with Crippen LogP contribution in [0.25, 0.3) is 0 Å². The molecule has 0 aromatic rings. The molecule has 0 unspecified atom stereocenters. The van der Waals surface area contributed by atoms with Crippen molar-refractivity contribution in [1.29, 1.82) is 0 Å². The fraction of sp³-hybridized carbons (Fsp3) is 0.909. The topological polar surface area (TPSA) is 29.1 Å². The quantitative estimate of drug-likeness (QED) is 0.498. The number of amides is 1. The highest BCUT2D eigenvalue weighted by Gasteiger charge is 2.17. The van der Waals surface area contributed by atoms with E-state index in [1.54, 1.807) is 0 Å². The minimum atomic E-state index is 0.0249. The summed E-state index contributed by atoms with van der Waals surface area (Å²) in [5.41, 5.74) is 0.216. The van der Waals surface area contributed by atoms with Crippen molar-refractivity contribution >= 4 is 18.5 Å². The van der Waals surface area contributed by atoms with Gasteiger partial charge in [-0.2, -0.15) is 12.6 Å². The summed E-state index contributed by atoms with van der Waals surface area (Å²) >= 11 is 3.92. The first kappa shape index (κ1) is 13.8. The molecule has 1 amide bonds. The number of carbonyl (C=O) groups excluding carboxylic acids is 1. The SMILES string of the molecule is CCCCCC(C)(C)CNC(=O)CS. The number of rotatable bonds is 7. The van der Waals surface area contributed by atoms with Gasteiger partial charge in [-0.15, -0.1) is 0 Å². The molecule has 0 spiro atoms. The Labute approximate surface area is 93.3 Å². The zero-order valence-electron chi connectivity index (χ0n) is 9.60. The molecule has 0 heterocycles. The lowest BCUT2D eigenvalue weighted by molar-refractivity contribution is -0.119. The largest absolute Gasteiger partial charge is 0.355 e. The molecule has 0 aliphatic carbocycles. The molecule has 0 bridgehead atoms. The van der Waals surface area contributed by atoms with Crippen LogP contribution >= 0.6 is 12.6 Å². The lowest BCUT2D eigenvalue weighted by Crippen LogP contribution is -2.34. The molecule has 2 nitrogen and oxygen atoms in total. The summed E-state index contributed by atoms with van der Waals surface area (Å²) in [6.07, 6.45) is 4.96. The van der Waals surface area contributed by atoms with E-state index in [-0.39, 0.29) is 17.1 Å². The number of carbonyl (C=O) groups is 1. The van der Waals surface area contributed by atoms with Crippen molar-refractivity contribution in [3.8, 4) is 0 Å². The van der Waals surface area contributed by atoms with Gasteiger partial charge in [-0.3, -0.25) is 4.79 Å². The zero-order chi connectivity index (χ0) is 11.0. The summed E-state index contributed by atoms with van der Waals surface area (Å²) in [5, 5.41) is 2.88. The molecule has 0 fully saturated rings. The Bertz CT molecular complexity index is 169. The van der Waals surface area contributed by atoms with Crippen molar-refractivity contribution < 1.29 is 4.79 Å². The third-order valence-electron chi connectivity index (χ3n) is 2.36. The number of hydrogen-bond acceptors (Lipinski definition) is 2. The van der Waals surface area contributed by atoms with E-state index in [4.69, 9.17) is 0 Å². The van der Waals surface area contributed by atoms with Crippen LogP contribution in [0, 0.1) is 5.41 Å². The van der Waals surface area contributed by atoms with Crippen LogP contribution in [0.15, 0.2) is 0 Å². The maximum absolute atomic E-state index is 11.0. The Hall–Kier alpha value is -0.180. The maximum atomic E-state index is 11.0. The van der Waals surface area contributed by atoms with E-state index in [0.29, 0.717) is 0 Å². The average molecular weight is 217 g/mol. The number of unbranched alkanes of at least 4 members (excludes halogenated alkanes) is 2. The first-order valence-corrected chi connectivity index (χ1v) is 6.02. The van der Waals surface area contributed by atoms with Crippen molar-refractivity contribution in [2.24, 2.45) is 5.41 Å². The van der Waals surface area contributed by atoms with E-state index < -0.39 is 0 Å². The van der Waals surface area contributed by atoms with Gasteiger partial charge in [0.1, 0.15) is 0 Å². The molecular weight excluding hydrogens is 194 g/mol. The Morgan fingerprint density at radius 2 is 2.00 bits per heavy atom. The van der Waals surface area contributed by atoms with Gasteiger partial charge in [0.2, 0.25) is 5.91 Å². The summed E-state index contributed by atoms with van der Waals surface area (Å²) < 4.78 is 0. The minimum Gasteiger partial charge on any atom is -0.355 e. The lowest BCUT2D eigenvalue weighted by atomic mass is 9.87. The molecule has 0 atom stereocenters. The normalized spacial score (nSPS) is 11.4. The second-order valence-corrected chi connectivity index (χ2v) is 4.87. The van der Waals surface area contributed by atoms with Gasteiger partial charge in [0.05, 0.1) is 5.75 Å². The van der Waals surface area contributed by atoms with Crippen molar-refractivity contribution in [3.63, 3.8) is 0 Å². The molecule has 0 saturated heterocycles. The van der Waals surface area contributed by atoms with Crippen LogP contribution in [0.4, 0.5) is 0 Å². The van der Waals surface area contributed by atoms with Crippen LogP contribution in [0.2, 0.25) is 0 Å². The van der Waals surface area contributed by atoms with Crippen molar-refractivity contribution in [2.45, 2.75) is 46.5 Å². The van der Waals surface area contributed by atoms with E-state index in [9.17, 15) is 4.79 Å². The molecule has 0 aliphatic rings. The predicted octanol–water partition coefficient (Wildman–Crippen LogP) is 2.64. The molecule has 0 radical (unpaired) electrons. The molecule has 0 aliphatic heterocycles. The van der Waals surface area contributed by atoms with Gasteiger partial charge >= 0.3 is 0 Å². The maximum Gasteiger partial charge on any atom is 0.229 e. The Morgan fingerprint density at radius 3 is 2.50 bits per heavy atom. The van der Waals surface area contributed by atoms with Gasteiger partial charge in [0.15, 0.2) is 0 Å². The number of hydrogen-bond donors (Lipinski definition) is 2. The van der Waals surface area contributed by atoms with Gasteiger partial charge in [-0.05, 0) is 11.8 Å². The lowest BCUT2D eigenvalue weighted by Gasteiger charge is -2.24. The molecule has 84 valence electrons. The Kier molecular flexibility index (Phi) is 7.06. The van der Waals surface area contributed by atoms with Crippen LogP contribution in [-0.2, 0) is 4.79 Å². The molecule has 0 aromatic carbocycles. The summed E-state index contributed by atoms with van der Waals surface area (Å²) in [7, 11) is 0. The molecule has 0 rings (SSSR count). The van der Waals surface area contributed by atoms with Gasteiger partial charge in [0, 0.05) is 6.54 Å². The van der Waals surface area contributed by atoms with Gasteiger partial charge in [-0.1, -0.05) is 40.0 Å². The van der Waals surface area contributed by atoms with E-state index >= 15 is 0 Å². The zero-order valence-corrected chi connectivity index (χ0v) is 10.5. The molecule has 0 aromatic heterocycles. The first-order chi connectivity index (χ1) is 6.52. The standard InChI is InChI=1S/C11H23NOS/c1-4-5-6-7-11(2,3)9-12-10(13)8-14/h14H,4-9H2,1-3H3,(H,12,13). The third kappa shape index (κ3) is 7.25. The van der Waals surface area contributed by atoms with Crippen LogP contribution in [0.5, 0.6) is 0 Å². The fourth-order valence-electron chi connectivity index (χ4n) is 1.34. The van der Waals surface area contributed by atoms with Crippen LogP contribution < -0.4 is 5.32 Å². The second-order valence-electron chi connectivity index (χ2n) is 4.56. The molecular formula is C11H23NOS. The smallest absolute Gasteiger partial charge is 0.229 e. The molecule has 0 saturated carbocycles. The second kappa shape index (κ2) is 7.16. The van der Waals surface area contributed by atoms with E-state index in [1.807, 2.05) is 0 Å². The summed E-state index contributed by atoms with van der Waals surface area (Å²) in [5.74, 6) is 0.308. The Balaban J connectivity index is 3.65. The van der Waals surface area contributed by atoms with Gasteiger partial charge in [0.25, 0.3) is 0 Å². The highest BCUT2D eigenvalue weighted by Crippen LogP contribution is 2.22. The number of thiol groups is 1. The Morgan fingerprint density at radius 1 is 1.36 bits per heavy atom. The van der Waals surface area contributed by atoms with Gasteiger partial charge < -0.3 is 5.32 Å². The van der Waals surface area contributed by atoms with E-state index in [1.165, 1.54) is 25.7 Å². The van der Waals surface area contributed by atoms with Crippen LogP contribution in [-0.4, -0.2) is 18.2 Å². The monoisotopic (exact) mass is 217 g/mol. The third-order valence-corrected chi connectivity index (χ3v) is 2.65. The first-order valence-electron chi connectivity index (χ1n) is 5.39. The summed E-state index contributed by atoms with van der Waals surface area (Å²) in [6, 6.07) is 0. The fourth-order valence-corrected chi connectivity index (χ4v) is 1.45. The van der Waals surface area contributed by atoms with Crippen molar-refractivity contribution in [2.75, 3.05) is 12.3 Å². The van der Waals surface area contributed by atoms with E-state index in [0.717, 1.165) is 6.54 Å². The van der Waals surface area contributed by atoms with Crippen LogP contribution in [0.3, 0.4) is 0 Å². The average Bonchev–Trinajstić information content (AvgIpc) is 2.14. The van der Waals surface area contributed by atoms with E-state index in [2.05, 4.69) is 38.7 Å². The minimum absolute atomic E-state index is 0.0249. The summed E-state index contributed by atoms with van der Waals surface area (Å²) in [4.78, 5) is 11.0. The van der Waals surface area contributed by atoms with Crippen molar-refractivity contribution in [3.05, 3.63) is 0 Å². The van der Waals surface area contributed by atoms with Crippen molar-refractivity contribution in [1.82, 2.24) is 5.32 Å². The highest BCUT2D eigenvalue weighted by atomic mass is 32.1. The highest BCUT2D eigenvalue weighted by molar-refractivity contribution is 7.81. The summed E-state index contributed by atoms with van der Waals surface area (Å²) in [6.45, 7) is 7.36.